The molecule has 0 aliphatic heterocycles. The lowest BCUT2D eigenvalue weighted by molar-refractivity contribution is 0.102. The van der Waals surface area contributed by atoms with Crippen molar-refractivity contribution in [2.24, 2.45) is 0 Å². The highest BCUT2D eigenvalue weighted by atomic mass is 32.1. The quantitative estimate of drug-likeness (QED) is 0.763. The summed E-state index contributed by atoms with van der Waals surface area (Å²) < 4.78 is 0. The molecule has 0 aliphatic carbocycles. The summed E-state index contributed by atoms with van der Waals surface area (Å²) in [5.41, 5.74) is 3.68. The number of thiazole rings is 1. The molecule has 0 atom stereocenters. The van der Waals surface area contributed by atoms with Gasteiger partial charge in [-0.3, -0.25) is 10.1 Å². The van der Waals surface area contributed by atoms with Gasteiger partial charge in [0.1, 0.15) is 0 Å². The Hall–Kier alpha value is -2.46. The van der Waals surface area contributed by atoms with Crippen LogP contribution in [0, 0.1) is 13.8 Å². The van der Waals surface area contributed by atoms with Crippen molar-refractivity contribution in [3.63, 3.8) is 0 Å². The summed E-state index contributed by atoms with van der Waals surface area (Å²) in [7, 11) is 0. The molecular formula is C18H16N2OS. The molecule has 0 aliphatic rings. The molecule has 1 amide bonds. The molecule has 110 valence electrons. The third-order valence-corrected chi connectivity index (χ3v) is 4.56. The minimum absolute atomic E-state index is 0.119. The fourth-order valence-corrected chi connectivity index (χ4v) is 3.27. The normalized spacial score (nSPS) is 10.5. The Kier molecular flexibility index (Phi) is 4.02. The summed E-state index contributed by atoms with van der Waals surface area (Å²) in [6.07, 6.45) is 0. The first-order valence-corrected chi connectivity index (χ1v) is 7.86. The van der Waals surface area contributed by atoms with Crippen LogP contribution >= 0.6 is 11.3 Å². The minimum Gasteiger partial charge on any atom is -0.298 e. The van der Waals surface area contributed by atoms with E-state index in [0.717, 1.165) is 21.7 Å². The van der Waals surface area contributed by atoms with Crippen molar-refractivity contribution in [3.05, 3.63) is 71.4 Å². The average Bonchev–Trinajstić information content (AvgIpc) is 2.89. The molecule has 0 fully saturated rings. The van der Waals surface area contributed by atoms with Gasteiger partial charge in [-0.1, -0.05) is 59.9 Å². The van der Waals surface area contributed by atoms with Gasteiger partial charge in [-0.2, -0.15) is 0 Å². The number of carbonyl (C=O) groups is 1. The van der Waals surface area contributed by atoms with E-state index in [0.29, 0.717) is 10.7 Å². The Bertz CT molecular complexity index is 809. The molecular weight excluding hydrogens is 292 g/mol. The Morgan fingerprint density at radius 3 is 2.41 bits per heavy atom. The number of aryl methyl sites for hydroxylation is 2. The number of benzene rings is 2. The van der Waals surface area contributed by atoms with Gasteiger partial charge in [-0.25, -0.2) is 4.98 Å². The van der Waals surface area contributed by atoms with Crippen molar-refractivity contribution in [1.29, 1.82) is 0 Å². The lowest BCUT2D eigenvalue weighted by atomic mass is 10.1. The lowest BCUT2D eigenvalue weighted by Gasteiger charge is -2.04. The first kappa shape index (κ1) is 14.5. The maximum atomic E-state index is 12.3. The number of rotatable bonds is 3. The van der Waals surface area contributed by atoms with Crippen LogP contribution in [0.15, 0.2) is 54.6 Å². The predicted octanol–water partition coefficient (Wildman–Crippen LogP) is 4.68. The summed E-state index contributed by atoms with van der Waals surface area (Å²) in [5.74, 6) is -0.119. The maximum absolute atomic E-state index is 12.3. The number of hydrogen-bond acceptors (Lipinski definition) is 3. The van der Waals surface area contributed by atoms with E-state index in [1.165, 1.54) is 11.3 Å². The van der Waals surface area contributed by atoms with Crippen molar-refractivity contribution in [3.8, 4) is 10.4 Å². The molecule has 0 radical (unpaired) electrons. The van der Waals surface area contributed by atoms with Gasteiger partial charge in [0.2, 0.25) is 0 Å². The summed E-state index contributed by atoms with van der Waals surface area (Å²) in [6.45, 7) is 3.89. The van der Waals surface area contributed by atoms with Crippen LogP contribution in [0.1, 0.15) is 21.6 Å². The van der Waals surface area contributed by atoms with E-state index >= 15 is 0 Å². The number of aromatic nitrogens is 1. The van der Waals surface area contributed by atoms with Crippen LogP contribution in [0.4, 0.5) is 5.13 Å². The molecule has 0 saturated carbocycles. The van der Waals surface area contributed by atoms with Crippen LogP contribution in [0.3, 0.4) is 0 Å². The van der Waals surface area contributed by atoms with Gasteiger partial charge in [0.25, 0.3) is 5.91 Å². The van der Waals surface area contributed by atoms with Crippen LogP contribution in [-0.2, 0) is 0 Å². The summed E-state index contributed by atoms with van der Waals surface area (Å²) in [5, 5.41) is 3.53. The van der Waals surface area contributed by atoms with Crippen molar-refractivity contribution in [1.82, 2.24) is 4.98 Å². The molecule has 3 rings (SSSR count). The standard InChI is InChI=1S/C18H16N2OS/c1-12-8-6-7-11-15(12)17(21)20-18-19-13(2)16(22-18)14-9-4-3-5-10-14/h3-11H,1-2H3,(H,19,20,21). The molecule has 1 aromatic heterocycles. The Balaban J connectivity index is 1.86. The number of anilines is 1. The highest BCUT2D eigenvalue weighted by molar-refractivity contribution is 7.19. The van der Waals surface area contributed by atoms with Gasteiger partial charge >= 0.3 is 0 Å². The predicted molar refractivity (Wildman–Crippen MR) is 91.4 cm³/mol. The van der Waals surface area contributed by atoms with Crippen LogP contribution in [0.2, 0.25) is 0 Å². The second-order valence-corrected chi connectivity index (χ2v) is 6.07. The van der Waals surface area contributed by atoms with E-state index in [1.54, 1.807) is 0 Å². The van der Waals surface area contributed by atoms with Crippen molar-refractivity contribution < 1.29 is 4.79 Å². The largest absolute Gasteiger partial charge is 0.298 e. The number of carbonyl (C=O) groups excluding carboxylic acids is 1. The van der Waals surface area contributed by atoms with Crippen LogP contribution in [0.25, 0.3) is 10.4 Å². The maximum Gasteiger partial charge on any atom is 0.257 e. The van der Waals surface area contributed by atoms with Gasteiger partial charge in [-0.05, 0) is 31.0 Å². The van der Waals surface area contributed by atoms with Crippen molar-refractivity contribution >= 4 is 22.4 Å². The van der Waals surface area contributed by atoms with Gasteiger partial charge in [-0.15, -0.1) is 0 Å². The smallest absolute Gasteiger partial charge is 0.257 e. The van der Waals surface area contributed by atoms with E-state index in [1.807, 2.05) is 68.4 Å². The minimum atomic E-state index is -0.119. The van der Waals surface area contributed by atoms with E-state index < -0.39 is 0 Å². The van der Waals surface area contributed by atoms with Crippen LogP contribution in [0.5, 0.6) is 0 Å². The monoisotopic (exact) mass is 308 g/mol. The topological polar surface area (TPSA) is 42.0 Å². The van der Waals surface area contributed by atoms with Crippen molar-refractivity contribution in [2.75, 3.05) is 5.32 Å². The summed E-state index contributed by atoms with van der Waals surface area (Å²) in [4.78, 5) is 17.9. The Morgan fingerprint density at radius 2 is 1.68 bits per heavy atom. The fraction of sp³-hybridized carbons (Fsp3) is 0.111. The SMILES string of the molecule is Cc1ccccc1C(=O)Nc1nc(C)c(-c2ccccc2)s1. The zero-order chi connectivity index (χ0) is 15.5. The van der Waals surface area contributed by atoms with Crippen molar-refractivity contribution in [2.45, 2.75) is 13.8 Å². The number of amides is 1. The highest BCUT2D eigenvalue weighted by Crippen LogP contribution is 2.32. The second-order valence-electron chi connectivity index (χ2n) is 5.07. The van der Waals surface area contributed by atoms with E-state index in [2.05, 4.69) is 10.3 Å². The summed E-state index contributed by atoms with van der Waals surface area (Å²) >= 11 is 1.50. The van der Waals surface area contributed by atoms with Gasteiger partial charge in [0, 0.05) is 5.56 Å². The fourth-order valence-electron chi connectivity index (χ4n) is 2.30. The second kappa shape index (κ2) is 6.12. The zero-order valence-electron chi connectivity index (χ0n) is 12.5. The molecule has 1 N–H and O–H groups in total. The van der Waals surface area contributed by atoms with E-state index in [4.69, 9.17) is 0 Å². The Labute approximate surface area is 133 Å². The molecule has 1 heterocycles. The molecule has 3 aromatic rings. The molecule has 4 heteroatoms. The molecule has 0 unspecified atom stereocenters. The molecule has 3 nitrogen and oxygen atoms in total. The summed E-state index contributed by atoms with van der Waals surface area (Å²) in [6, 6.07) is 17.6. The van der Waals surface area contributed by atoms with Gasteiger partial charge in [0.05, 0.1) is 10.6 Å². The first-order chi connectivity index (χ1) is 10.6. The average molecular weight is 308 g/mol. The first-order valence-electron chi connectivity index (χ1n) is 7.05. The van der Waals surface area contributed by atoms with E-state index in [-0.39, 0.29) is 5.91 Å². The molecule has 0 bridgehead atoms. The molecule has 0 saturated heterocycles. The number of hydrogen-bond donors (Lipinski definition) is 1. The molecule has 2 aromatic carbocycles. The highest BCUT2D eigenvalue weighted by Gasteiger charge is 2.13. The third-order valence-electron chi connectivity index (χ3n) is 3.44. The molecule has 0 spiro atoms. The van der Waals surface area contributed by atoms with Gasteiger partial charge in [0.15, 0.2) is 5.13 Å². The lowest BCUT2D eigenvalue weighted by Crippen LogP contribution is -2.12. The molecule has 22 heavy (non-hydrogen) atoms. The number of nitrogens with zero attached hydrogens (tertiary/aromatic N) is 1. The zero-order valence-corrected chi connectivity index (χ0v) is 13.3. The third kappa shape index (κ3) is 2.92. The van der Waals surface area contributed by atoms with Crippen LogP contribution in [-0.4, -0.2) is 10.9 Å². The van der Waals surface area contributed by atoms with Crippen LogP contribution < -0.4 is 5.32 Å². The number of nitrogens with one attached hydrogen (secondary N) is 1. The van der Waals surface area contributed by atoms with Gasteiger partial charge < -0.3 is 0 Å². The van der Waals surface area contributed by atoms with E-state index in [9.17, 15) is 4.79 Å². The Morgan fingerprint density at radius 1 is 1.00 bits per heavy atom.